The van der Waals surface area contributed by atoms with Crippen LogP contribution in [0.25, 0.3) is 0 Å². The van der Waals surface area contributed by atoms with Gasteiger partial charge >= 0.3 is 5.97 Å². The molecule has 3 nitrogen and oxygen atoms in total. The fourth-order valence-electron chi connectivity index (χ4n) is 2.39. The summed E-state index contributed by atoms with van der Waals surface area (Å²) in [6, 6.07) is 12.3. The first-order valence-corrected chi connectivity index (χ1v) is 6.56. The molecule has 1 aromatic carbocycles. The van der Waals surface area contributed by atoms with E-state index < -0.39 is 5.97 Å². The maximum atomic E-state index is 11.0. The summed E-state index contributed by atoms with van der Waals surface area (Å²) in [6.07, 6.45) is 3.76. The van der Waals surface area contributed by atoms with Crippen LogP contribution in [0.2, 0.25) is 0 Å². The molecule has 19 heavy (non-hydrogen) atoms. The highest BCUT2D eigenvalue weighted by Crippen LogP contribution is 2.24. The monoisotopic (exact) mass is 257 g/mol. The Kier molecular flexibility index (Phi) is 4.39. The molecule has 3 heteroatoms. The van der Waals surface area contributed by atoms with E-state index in [1.54, 1.807) is 0 Å². The van der Waals surface area contributed by atoms with Gasteiger partial charge in [-0.2, -0.15) is 0 Å². The Bertz CT molecular complexity index is 531. The van der Waals surface area contributed by atoms with Gasteiger partial charge in [0.05, 0.1) is 6.42 Å². The SMILES string of the molecule is Cc1cccc(CCC(CC(=O)O)c2ccc[nH]2)c1. The van der Waals surface area contributed by atoms with Gasteiger partial charge in [-0.05, 0) is 37.5 Å². The number of hydrogen-bond donors (Lipinski definition) is 2. The van der Waals surface area contributed by atoms with Crippen LogP contribution >= 0.6 is 0 Å². The minimum absolute atomic E-state index is 0.0491. The van der Waals surface area contributed by atoms with Crippen LogP contribution in [0.1, 0.15) is 35.6 Å². The van der Waals surface area contributed by atoms with Gasteiger partial charge in [0.25, 0.3) is 0 Å². The summed E-state index contributed by atoms with van der Waals surface area (Å²) in [7, 11) is 0. The zero-order chi connectivity index (χ0) is 13.7. The molecule has 0 spiro atoms. The molecule has 0 aliphatic heterocycles. The summed E-state index contributed by atoms with van der Waals surface area (Å²) in [5, 5.41) is 9.01. The Hall–Kier alpha value is -2.03. The van der Waals surface area contributed by atoms with E-state index in [-0.39, 0.29) is 12.3 Å². The topological polar surface area (TPSA) is 53.1 Å². The highest BCUT2D eigenvalue weighted by Gasteiger charge is 2.16. The number of aliphatic carboxylic acids is 1. The van der Waals surface area contributed by atoms with Crippen molar-refractivity contribution in [3.05, 3.63) is 59.4 Å². The smallest absolute Gasteiger partial charge is 0.304 e. The second-order valence-electron chi connectivity index (χ2n) is 4.95. The lowest BCUT2D eigenvalue weighted by atomic mass is 9.93. The second kappa shape index (κ2) is 6.23. The molecule has 2 rings (SSSR count). The lowest BCUT2D eigenvalue weighted by molar-refractivity contribution is -0.137. The van der Waals surface area contributed by atoms with Gasteiger partial charge in [-0.1, -0.05) is 29.8 Å². The number of carboxylic acids is 1. The van der Waals surface area contributed by atoms with E-state index in [0.29, 0.717) is 0 Å². The van der Waals surface area contributed by atoms with Crippen molar-refractivity contribution in [2.24, 2.45) is 0 Å². The molecule has 1 aromatic heterocycles. The maximum absolute atomic E-state index is 11.0. The Morgan fingerprint density at radius 3 is 2.79 bits per heavy atom. The van der Waals surface area contributed by atoms with E-state index in [0.717, 1.165) is 18.5 Å². The van der Waals surface area contributed by atoms with Crippen LogP contribution in [0.15, 0.2) is 42.6 Å². The molecule has 0 radical (unpaired) electrons. The van der Waals surface area contributed by atoms with E-state index in [1.165, 1.54) is 11.1 Å². The molecular weight excluding hydrogens is 238 g/mol. The highest BCUT2D eigenvalue weighted by atomic mass is 16.4. The first-order chi connectivity index (χ1) is 9.15. The standard InChI is InChI=1S/C16H19NO2/c1-12-4-2-5-13(10-12)7-8-14(11-16(18)19)15-6-3-9-17-15/h2-6,9-10,14,17H,7-8,11H2,1H3,(H,18,19). The fraction of sp³-hybridized carbons (Fsp3) is 0.312. The molecule has 1 atom stereocenters. The molecule has 0 aliphatic rings. The quantitative estimate of drug-likeness (QED) is 0.832. The third-order valence-electron chi connectivity index (χ3n) is 3.35. The summed E-state index contributed by atoms with van der Waals surface area (Å²) in [6.45, 7) is 2.07. The molecule has 0 saturated carbocycles. The average Bonchev–Trinajstić information content (AvgIpc) is 2.88. The first kappa shape index (κ1) is 13.4. The summed E-state index contributed by atoms with van der Waals surface area (Å²) >= 11 is 0. The summed E-state index contributed by atoms with van der Waals surface area (Å²) in [5.74, 6) is -0.697. The Morgan fingerprint density at radius 1 is 1.32 bits per heavy atom. The number of aromatic nitrogens is 1. The molecule has 2 N–H and O–H groups in total. The van der Waals surface area contributed by atoms with Gasteiger partial charge in [-0.3, -0.25) is 4.79 Å². The van der Waals surface area contributed by atoms with Crippen molar-refractivity contribution in [1.29, 1.82) is 0 Å². The van der Waals surface area contributed by atoms with Crippen LogP contribution in [-0.4, -0.2) is 16.1 Å². The average molecular weight is 257 g/mol. The summed E-state index contributed by atoms with van der Waals surface area (Å²) in [5.41, 5.74) is 3.52. The number of rotatable bonds is 6. The summed E-state index contributed by atoms with van der Waals surface area (Å²) < 4.78 is 0. The molecule has 1 heterocycles. The third kappa shape index (κ3) is 3.98. The molecule has 0 fully saturated rings. The number of carbonyl (C=O) groups is 1. The van der Waals surface area contributed by atoms with Crippen molar-refractivity contribution in [2.45, 2.75) is 32.1 Å². The van der Waals surface area contributed by atoms with Crippen LogP contribution in [-0.2, 0) is 11.2 Å². The zero-order valence-corrected chi connectivity index (χ0v) is 11.1. The van der Waals surface area contributed by atoms with E-state index >= 15 is 0 Å². The van der Waals surface area contributed by atoms with Crippen molar-refractivity contribution in [3.8, 4) is 0 Å². The number of aryl methyl sites for hydroxylation is 2. The van der Waals surface area contributed by atoms with Gasteiger partial charge in [-0.25, -0.2) is 0 Å². The fourth-order valence-corrected chi connectivity index (χ4v) is 2.39. The van der Waals surface area contributed by atoms with E-state index in [9.17, 15) is 4.79 Å². The zero-order valence-electron chi connectivity index (χ0n) is 11.1. The molecular formula is C16H19NO2. The molecule has 1 unspecified atom stereocenters. The number of nitrogens with one attached hydrogen (secondary N) is 1. The third-order valence-corrected chi connectivity index (χ3v) is 3.35. The van der Waals surface area contributed by atoms with Crippen LogP contribution < -0.4 is 0 Å². The lowest BCUT2D eigenvalue weighted by Gasteiger charge is -2.13. The second-order valence-corrected chi connectivity index (χ2v) is 4.95. The molecule has 2 aromatic rings. The maximum Gasteiger partial charge on any atom is 0.304 e. The van der Waals surface area contributed by atoms with Crippen molar-refractivity contribution in [3.63, 3.8) is 0 Å². The Labute approximate surface area is 113 Å². The van der Waals surface area contributed by atoms with E-state index in [4.69, 9.17) is 5.11 Å². The van der Waals surface area contributed by atoms with Crippen molar-refractivity contribution >= 4 is 5.97 Å². The minimum atomic E-state index is -0.746. The van der Waals surface area contributed by atoms with Gasteiger partial charge in [0.15, 0.2) is 0 Å². The predicted molar refractivity (Wildman–Crippen MR) is 75.3 cm³/mol. The van der Waals surface area contributed by atoms with Crippen LogP contribution in [0.4, 0.5) is 0 Å². The molecule has 0 saturated heterocycles. The number of aromatic amines is 1. The van der Waals surface area contributed by atoms with Gasteiger partial charge in [0, 0.05) is 17.8 Å². The number of H-pyrrole nitrogens is 1. The van der Waals surface area contributed by atoms with Crippen LogP contribution in [0, 0.1) is 6.92 Å². The van der Waals surface area contributed by atoms with Crippen LogP contribution in [0.5, 0.6) is 0 Å². The number of carboxylic acid groups (broad SMARTS) is 1. The minimum Gasteiger partial charge on any atom is -0.481 e. The van der Waals surface area contributed by atoms with Crippen molar-refractivity contribution in [2.75, 3.05) is 0 Å². The normalized spacial score (nSPS) is 12.3. The van der Waals surface area contributed by atoms with E-state index in [2.05, 4.69) is 30.1 Å². The van der Waals surface area contributed by atoms with E-state index in [1.807, 2.05) is 24.4 Å². The van der Waals surface area contributed by atoms with Gasteiger partial charge in [0.1, 0.15) is 0 Å². The molecule has 0 aliphatic carbocycles. The molecule has 0 amide bonds. The van der Waals surface area contributed by atoms with Crippen molar-refractivity contribution in [1.82, 2.24) is 4.98 Å². The van der Waals surface area contributed by atoms with Crippen LogP contribution in [0.3, 0.4) is 0 Å². The molecule has 0 bridgehead atoms. The van der Waals surface area contributed by atoms with Gasteiger partial charge in [-0.15, -0.1) is 0 Å². The van der Waals surface area contributed by atoms with Crippen molar-refractivity contribution < 1.29 is 9.90 Å². The number of benzene rings is 1. The van der Waals surface area contributed by atoms with Gasteiger partial charge < -0.3 is 10.1 Å². The van der Waals surface area contributed by atoms with Gasteiger partial charge in [0.2, 0.25) is 0 Å². The highest BCUT2D eigenvalue weighted by molar-refractivity contribution is 5.67. The first-order valence-electron chi connectivity index (χ1n) is 6.56. The Morgan fingerprint density at radius 2 is 2.16 bits per heavy atom. The Balaban J connectivity index is 2.02. The predicted octanol–water partition coefficient (Wildman–Crippen LogP) is 3.51. The summed E-state index contributed by atoms with van der Waals surface area (Å²) in [4.78, 5) is 14.1. The number of hydrogen-bond acceptors (Lipinski definition) is 1. The lowest BCUT2D eigenvalue weighted by Crippen LogP contribution is -2.08. The largest absolute Gasteiger partial charge is 0.481 e. The molecule has 100 valence electrons.